The van der Waals surface area contributed by atoms with Gasteiger partial charge in [0.2, 0.25) is 11.8 Å². The average Bonchev–Trinajstić information content (AvgIpc) is 3.18. The zero-order valence-electron chi connectivity index (χ0n) is 17.2. The lowest BCUT2D eigenvalue weighted by molar-refractivity contribution is -0.126. The molecule has 0 aliphatic carbocycles. The lowest BCUT2D eigenvalue weighted by atomic mass is 10.1. The topological polar surface area (TPSA) is 97.0 Å². The Kier molecular flexibility index (Phi) is 6.56. The van der Waals surface area contributed by atoms with Crippen LogP contribution in [0.3, 0.4) is 0 Å². The van der Waals surface area contributed by atoms with Crippen molar-refractivity contribution in [3.63, 3.8) is 0 Å². The van der Waals surface area contributed by atoms with Crippen LogP contribution in [0, 0.1) is 5.92 Å². The third-order valence-corrected chi connectivity index (χ3v) is 5.10. The summed E-state index contributed by atoms with van der Waals surface area (Å²) in [6, 6.07) is 12.3. The second-order valence-electron chi connectivity index (χ2n) is 6.94. The van der Waals surface area contributed by atoms with Gasteiger partial charge in [0, 0.05) is 30.3 Å². The van der Waals surface area contributed by atoms with Crippen molar-refractivity contribution in [2.75, 3.05) is 25.7 Å². The molecule has 3 amide bonds. The molecule has 1 atom stereocenters. The molecule has 3 rings (SSSR count). The molecule has 1 heterocycles. The smallest absolute Gasteiger partial charge is 0.269 e. The molecule has 1 fully saturated rings. The number of nitrogens with zero attached hydrogens (tertiary/aromatic N) is 1. The number of rotatable bonds is 6. The molecule has 0 aromatic heterocycles. The SMILES string of the molecule is CCc1ccc(C(=O)NNC(=O)C2CC(=O)N(c3ccc(OC)c(OC)c3)C2)cc1. The van der Waals surface area contributed by atoms with Crippen LogP contribution in [0.4, 0.5) is 5.69 Å². The van der Waals surface area contributed by atoms with Crippen LogP contribution in [-0.2, 0) is 16.0 Å². The average molecular weight is 411 g/mol. The Hall–Kier alpha value is -3.55. The molecule has 1 aliphatic rings. The molecular weight excluding hydrogens is 386 g/mol. The van der Waals surface area contributed by atoms with Crippen molar-refractivity contribution < 1.29 is 23.9 Å². The van der Waals surface area contributed by atoms with Gasteiger partial charge in [0.05, 0.1) is 20.1 Å². The Bertz CT molecular complexity index is 942. The van der Waals surface area contributed by atoms with Gasteiger partial charge in [-0.15, -0.1) is 0 Å². The van der Waals surface area contributed by atoms with E-state index in [1.807, 2.05) is 19.1 Å². The molecule has 30 heavy (non-hydrogen) atoms. The molecule has 1 saturated heterocycles. The number of hydrogen-bond donors (Lipinski definition) is 2. The normalized spacial score (nSPS) is 15.6. The van der Waals surface area contributed by atoms with Crippen molar-refractivity contribution >= 4 is 23.4 Å². The molecule has 1 aliphatic heterocycles. The summed E-state index contributed by atoms with van der Waals surface area (Å²) in [6.45, 7) is 2.24. The standard InChI is InChI=1S/C22H25N3O5/c1-4-14-5-7-15(8-6-14)21(27)23-24-22(28)16-11-20(26)25(13-16)17-9-10-18(29-2)19(12-17)30-3/h5-10,12,16H,4,11,13H2,1-3H3,(H,23,27)(H,24,28). The van der Waals surface area contributed by atoms with E-state index in [0.717, 1.165) is 12.0 Å². The highest BCUT2D eigenvalue weighted by Crippen LogP contribution is 2.34. The van der Waals surface area contributed by atoms with Crippen molar-refractivity contribution in [1.82, 2.24) is 10.9 Å². The van der Waals surface area contributed by atoms with Crippen molar-refractivity contribution in [2.24, 2.45) is 5.92 Å². The highest BCUT2D eigenvalue weighted by molar-refractivity contribution is 6.01. The molecule has 0 saturated carbocycles. The van der Waals surface area contributed by atoms with E-state index in [4.69, 9.17) is 9.47 Å². The summed E-state index contributed by atoms with van der Waals surface area (Å²) < 4.78 is 10.5. The summed E-state index contributed by atoms with van der Waals surface area (Å²) in [7, 11) is 3.05. The van der Waals surface area contributed by atoms with Gasteiger partial charge in [0.1, 0.15) is 0 Å². The molecule has 0 spiro atoms. The van der Waals surface area contributed by atoms with E-state index in [9.17, 15) is 14.4 Å². The molecule has 8 heteroatoms. The Morgan fingerprint density at radius 1 is 1.03 bits per heavy atom. The maximum absolute atomic E-state index is 12.5. The molecule has 8 nitrogen and oxygen atoms in total. The van der Waals surface area contributed by atoms with Crippen molar-refractivity contribution in [3.8, 4) is 11.5 Å². The fourth-order valence-electron chi connectivity index (χ4n) is 3.31. The third-order valence-electron chi connectivity index (χ3n) is 5.10. The zero-order valence-corrected chi connectivity index (χ0v) is 17.2. The minimum absolute atomic E-state index is 0.0568. The largest absolute Gasteiger partial charge is 0.493 e. The first kappa shape index (κ1) is 21.2. The van der Waals surface area contributed by atoms with Gasteiger partial charge in [-0.25, -0.2) is 0 Å². The first-order valence-electron chi connectivity index (χ1n) is 9.68. The van der Waals surface area contributed by atoms with E-state index in [2.05, 4.69) is 10.9 Å². The Morgan fingerprint density at radius 2 is 1.73 bits per heavy atom. The fraction of sp³-hybridized carbons (Fsp3) is 0.318. The number of carbonyl (C=O) groups excluding carboxylic acids is 3. The second-order valence-corrected chi connectivity index (χ2v) is 6.94. The molecule has 2 aromatic carbocycles. The van der Waals surface area contributed by atoms with E-state index >= 15 is 0 Å². The minimum Gasteiger partial charge on any atom is -0.493 e. The van der Waals surface area contributed by atoms with Crippen LogP contribution in [0.25, 0.3) is 0 Å². The van der Waals surface area contributed by atoms with Crippen molar-refractivity contribution in [2.45, 2.75) is 19.8 Å². The molecule has 0 radical (unpaired) electrons. The predicted molar refractivity (Wildman–Crippen MR) is 111 cm³/mol. The zero-order chi connectivity index (χ0) is 21.7. The van der Waals surface area contributed by atoms with Crippen molar-refractivity contribution in [1.29, 1.82) is 0 Å². The van der Waals surface area contributed by atoms with Crippen LogP contribution in [0.1, 0.15) is 29.3 Å². The van der Waals surface area contributed by atoms with Crippen LogP contribution >= 0.6 is 0 Å². The number of anilines is 1. The molecule has 1 unspecified atom stereocenters. The summed E-state index contributed by atoms with van der Waals surface area (Å²) in [4.78, 5) is 38.7. The highest BCUT2D eigenvalue weighted by atomic mass is 16.5. The fourth-order valence-corrected chi connectivity index (χ4v) is 3.31. The van der Waals surface area contributed by atoms with Crippen LogP contribution in [0.5, 0.6) is 11.5 Å². The highest BCUT2D eigenvalue weighted by Gasteiger charge is 2.35. The van der Waals surface area contributed by atoms with Gasteiger partial charge in [0.25, 0.3) is 5.91 Å². The molecule has 158 valence electrons. The van der Waals surface area contributed by atoms with Crippen LogP contribution in [0.15, 0.2) is 42.5 Å². The number of aryl methyl sites for hydroxylation is 1. The number of amides is 3. The first-order chi connectivity index (χ1) is 14.5. The number of carbonyl (C=O) groups is 3. The van der Waals surface area contributed by atoms with E-state index in [1.54, 1.807) is 30.3 Å². The van der Waals surface area contributed by atoms with Crippen LogP contribution in [-0.4, -0.2) is 38.5 Å². The Labute approximate surface area is 175 Å². The van der Waals surface area contributed by atoms with Gasteiger partial charge in [-0.05, 0) is 36.2 Å². The van der Waals surface area contributed by atoms with Gasteiger partial charge in [-0.2, -0.15) is 0 Å². The molecule has 2 aromatic rings. The van der Waals surface area contributed by atoms with Gasteiger partial charge < -0.3 is 14.4 Å². The maximum Gasteiger partial charge on any atom is 0.269 e. The third kappa shape index (κ3) is 4.53. The summed E-state index contributed by atoms with van der Waals surface area (Å²) in [5, 5.41) is 0. The number of nitrogens with one attached hydrogen (secondary N) is 2. The number of benzene rings is 2. The lowest BCUT2D eigenvalue weighted by Crippen LogP contribution is -2.45. The molecule has 0 bridgehead atoms. The van der Waals surface area contributed by atoms with E-state index in [-0.39, 0.29) is 18.9 Å². The van der Waals surface area contributed by atoms with Gasteiger partial charge in [-0.1, -0.05) is 19.1 Å². The summed E-state index contributed by atoms with van der Waals surface area (Å²) in [5.41, 5.74) is 7.02. The summed E-state index contributed by atoms with van der Waals surface area (Å²) in [6.07, 6.45) is 0.937. The van der Waals surface area contributed by atoms with E-state index < -0.39 is 17.7 Å². The predicted octanol–water partition coefficient (Wildman–Crippen LogP) is 2.08. The number of methoxy groups -OCH3 is 2. The maximum atomic E-state index is 12.5. The van der Waals surface area contributed by atoms with Crippen molar-refractivity contribution in [3.05, 3.63) is 53.6 Å². The minimum atomic E-state index is -0.576. The lowest BCUT2D eigenvalue weighted by Gasteiger charge is -2.18. The number of ether oxygens (including phenoxy) is 2. The van der Waals surface area contributed by atoms with E-state index in [1.165, 1.54) is 19.1 Å². The monoisotopic (exact) mass is 411 g/mol. The second kappa shape index (κ2) is 9.30. The van der Waals surface area contributed by atoms with E-state index in [0.29, 0.717) is 22.7 Å². The van der Waals surface area contributed by atoms with Crippen LogP contribution in [0.2, 0.25) is 0 Å². The van der Waals surface area contributed by atoms with Gasteiger partial charge >= 0.3 is 0 Å². The summed E-state index contributed by atoms with van der Waals surface area (Å²) in [5.74, 6) is -0.525. The quantitative estimate of drug-likeness (QED) is 0.710. The Balaban J connectivity index is 1.60. The molecule has 2 N–H and O–H groups in total. The first-order valence-corrected chi connectivity index (χ1v) is 9.68. The molecular formula is C22H25N3O5. The van der Waals surface area contributed by atoms with Gasteiger partial charge in [0.15, 0.2) is 11.5 Å². The van der Waals surface area contributed by atoms with Gasteiger partial charge in [-0.3, -0.25) is 25.2 Å². The summed E-state index contributed by atoms with van der Waals surface area (Å²) >= 11 is 0. The number of hydrazine groups is 1. The number of hydrogen-bond acceptors (Lipinski definition) is 5. The van der Waals surface area contributed by atoms with Crippen LogP contribution < -0.4 is 25.2 Å². The Morgan fingerprint density at radius 3 is 2.37 bits per heavy atom.